The second kappa shape index (κ2) is 4.90. The zero-order chi connectivity index (χ0) is 13.9. The summed E-state index contributed by atoms with van der Waals surface area (Å²) in [5.74, 6) is 0.625. The Morgan fingerprint density at radius 3 is 2.85 bits per heavy atom. The Balaban J connectivity index is 1.88. The Kier molecular flexibility index (Phi) is 2.94. The number of ether oxygens (including phenoxy) is 1. The zero-order valence-corrected chi connectivity index (χ0v) is 10.5. The molecule has 0 saturated heterocycles. The maximum absolute atomic E-state index is 9.05. The first-order chi connectivity index (χ1) is 9.78. The van der Waals surface area contributed by atoms with Gasteiger partial charge in [0.1, 0.15) is 29.6 Å². The molecule has 0 aliphatic rings. The van der Waals surface area contributed by atoms with Crippen molar-refractivity contribution < 1.29 is 4.74 Å². The van der Waals surface area contributed by atoms with Crippen molar-refractivity contribution in [3.63, 3.8) is 0 Å². The molecule has 2 aromatic heterocycles. The number of nitrogens with zero attached hydrogens (tertiary/aromatic N) is 3. The molecule has 0 aliphatic carbocycles. The van der Waals surface area contributed by atoms with E-state index in [9.17, 15) is 0 Å². The van der Waals surface area contributed by atoms with Gasteiger partial charge < -0.3 is 15.5 Å². The van der Waals surface area contributed by atoms with Gasteiger partial charge in [0.15, 0.2) is 5.65 Å². The summed E-state index contributed by atoms with van der Waals surface area (Å²) >= 11 is 0. The number of nitriles is 1. The minimum atomic E-state index is 0.266. The van der Waals surface area contributed by atoms with Gasteiger partial charge in [-0.3, -0.25) is 0 Å². The first-order valence-corrected chi connectivity index (χ1v) is 5.99. The van der Waals surface area contributed by atoms with Crippen LogP contribution in [0.1, 0.15) is 11.1 Å². The van der Waals surface area contributed by atoms with Crippen molar-refractivity contribution in [2.24, 2.45) is 0 Å². The molecule has 1 aromatic carbocycles. The van der Waals surface area contributed by atoms with Crippen LogP contribution in [0, 0.1) is 11.3 Å². The van der Waals surface area contributed by atoms with E-state index in [-0.39, 0.29) is 11.4 Å². The summed E-state index contributed by atoms with van der Waals surface area (Å²) in [6.07, 6.45) is 1.50. The number of hydrogen-bond donors (Lipinski definition) is 2. The van der Waals surface area contributed by atoms with Gasteiger partial charge in [0.2, 0.25) is 5.88 Å². The van der Waals surface area contributed by atoms with Gasteiger partial charge in [0.25, 0.3) is 0 Å². The highest BCUT2D eigenvalue weighted by Crippen LogP contribution is 2.22. The average Bonchev–Trinajstić information content (AvgIpc) is 2.80. The van der Waals surface area contributed by atoms with Crippen LogP contribution in [0.2, 0.25) is 0 Å². The molecule has 0 atom stereocenters. The van der Waals surface area contributed by atoms with Gasteiger partial charge in [-0.05, 0) is 5.56 Å². The lowest BCUT2D eigenvalue weighted by Crippen LogP contribution is -1.98. The van der Waals surface area contributed by atoms with Gasteiger partial charge in [0.05, 0.1) is 6.20 Å². The van der Waals surface area contributed by atoms with Crippen molar-refractivity contribution in [2.45, 2.75) is 6.61 Å². The van der Waals surface area contributed by atoms with Gasteiger partial charge in [-0.1, -0.05) is 30.3 Å². The average molecular weight is 265 g/mol. The predicted molar refractivity (Wildman–Crippen MR) is 73.8 cm³/mol. The minimum absolute atomic E-state index is 0.266. The Bertz CT molecular complexity index is 788. The molecule has 0 bridgehead atoms. The molecule has 6 nitrogen and oxygen atoms in total. The lowest BCUT2D eigenvalue weighted by Gasteiger charge is -2.04. The molecule has 0 spiro atoms. The molecule has 98 valence electrons. The molecule has 2 heterocycles. The number of aromatic nitrogens is 3. The number of fused-ring (bicyclic) bond motifs is 1. The van der Waals surface area contributed by atoms with Crippen molar-refractivity contribution in [1.82, 2.24) is 15.0 Å². The van der Waals surface area contributed by atoms with Crippen LogP contribution in [0.15, 0.2) is 36.5 Å². The quantitative estimate of drug-likeness (QED) is 0.754. The van der Waals surface area contributed by atoms with Gasteiger partial charge >= 0.3 is 0 Å². The number of anilines is 1. The fraction of sp³-hybridized carbons (Fsp3) is 0.0714. The van der Waals surface area contributed by atoms with E-state index >= 15 is 0 Å². The number of hydrogen-bond acceptors (Lipinski definition) is 5. The van der Waals surface area contributed by atoms with Gasteiger partial charge in [0, 0.05) is 0 Å². The summed E-state index contributed by atoms with van der Waals surface area (Å²) in [5, 5.41) is 9.05. The van der Waals surface area contributed by atoms with Crippen molar-refractivity contribution in [1.29, 1.82) is 5.26 Å². The molecular weight excluding hydrogens is 254 g/mol. The normalized spacial score (nSPS) is 10.3. The summed E-state index contributed by atoms with van der Waals surface area (Å²) in [7, 11) is 0. The molecular formula is C14H11N5O. The topological polar surface area (TPSA) is 101 Å². The molecule has 0 saturated carbocycles. The Hall–Kier alpha value is -3.07. The smallest absolute Gasteiger partial charge is 0.233 e. The number of H-pyrrole nitrogens is 1. The summed E-state index contributed by atoms with van der Waals surface area (Å²) in [5.41, 5.74) is 7.90. The van der Waals surface area contributed by atoms with E-state index < -0.39 is 0 Å². The molecule has 0 aliphatic heterocycles. The Labute approximate surface area is 114 Å². The van der Waals surface area contributed by atoms with E-state index in [1.807, 2.05) is 36.4 Å². The summed E-state index contributed by atoms with van der Waals surface area (Å²) < 4.78 is 5.57. The van der Waals surface area contributed by atoms with Crippen molar-refractivity contribution in [2.75, 3.05) is 5.73 Å². The molecule has 0 unspecified atom stereocenters. The fourth-order valence-corrected chi connectivity index (χ4v) is 1.87. The van der Waals surface area contributed by atoms with E-state index in [0.717, 1.165) is 5.56 Å². The number of nitrogens with one attached hydrogen (secondary N) is 1. The standard InChI is InChI=1S/C14H11N5O/c15-6-10-12-14(19-13(10)16)17-7-11(18-12)20-8-9-4-2-1-3-5-9/h1-5,7H,8,16H2,(H,17,19). The highest BCUT2D eigenvalue weighted by molar-refractivity contribution is 5.85. The summed E-state index contributed by atoms with van der Waals surface area (Å²) in [4.78, 5) is 11.2. The van der Waals surface area contributed by atoms with E-state index in [4.69, 9.17) is 15.7 Å². The zero-order valence-electron chi connectivity index (χ0n) is 10.5. The third-order valence-electron chi connectivity index (χ3n) is 2.85. The minimum Gasteiger partial charge on any atom is -0.472 e. The molecule has 6 heteroatoms. The van der Waals surface area contributed by atoms with Crippen LogP contribution in [0.5, 0.6) is 5.88 Å². The SMILES string of the molecule is N#Cc1c(N)[nH]c2ncc(OCc3ccccc3)nc12. The molecule has 3 N–H and O–H groups in total. The second-order valence-electron chi connectivity index (χ2n) is 4.21. The van der Waals surface area contributed by atoms with Crippen molar-refractivity contribution >= 4 is 17.0 Å². The molecule has 0 amide bonds. The van der Waals surface area contributed by atoms with Crippen LogP contribution in [-0.4, -0.2) is 15.0 Å². The van der Waals surface area contributed by atoms with Gasteiger partial charge in [-0.2, -0.15) is 5.26 Å². The first kappa shape index (κ1) is 12.0. The van der Waals surface area contributed by atoms with Gasteiger partial charge in [-0.25, -0.2) is 9.97 Å². The molecule has 20 heavy (non-hydrogen) atoms. The van der Waals surface area contributed by atoms with Crippen LogP contribution in [-0.2, 0) is 6.61 Å². The number of nitrogens with two attached hydrogens (primary N) is 1. The number of benzene rings is 1. The second-order valence-corrected chi connectivity index (χ2v) is 4.21. The van der Waals surface area contributed by atoms with Crippen LogP contribution < -0.4 is 10.5 Å². The largest absolute Gasteiger partial charge is 0.472 e. The third kappa shape index (κ3) is 2.12. The molecule has 0 fully saturated rings. The van der Waals surface area contributed by atoms with Crippen LogP contribution in [0.3, 0.4) is 0 Å². The maximum atomic E-state index is 9.05. The fourth-order valence-electron chi connectivity index (χ4n) is 1.87. The monoisotopic (exact) mass is 265 g/mol. The lowest BCUT2D eigenvalue weighted by molar-refractivity contribution is 0.294. The van der Waals surface area contributed by atoms with E-state index in [0.29, 0.717) is 23.7 Å². The predicted octanol–water partition coefficient (Wildman–Crippen LogP) is 1.99. The number of rotatable bonds is 3. The van der Waals surface area contributed by atoms with Crippen molar-refractivity contribution in [3.05, 3.63) is 47.7 Å². The Morgan fingerprint density at radius 1 is 1.30 bits per heavy atom. The maximum Gasteiger partial charge on any atom is 0.233 e. The number of nitrogen functional groups attached to an aromatic ring is 1. The van der Waals surface area contributed by atoms with E-state index in [1.165, 1.54) is 6.20 Å². The van der Waals surface area contributed by atoms with E-state index in [1.54, 1.807) is 0 Å². The van der Waals surface area contributed by atoms with Crippen LogP contribution in [0.25, 0.3) is 11.2 Å². The molecule has 3 rings (SSSR count). The van der Waals surface area contributed by atoms with Crippen LogP contribution in [0.4, 0.5) is 5.82 Å². The van der Waals surface area contributed by atoms with Crippen LogP contribution >= 0.6 is 0 Å². The summed E-state index contributed by atoms with van der Waals surface area (Å²) in [6, 6.07) is 11.7. The van der Waals surface area contributed by atoms with E-state index in [2.05, 4.69) is 15.0 Å². The Morgan fingerprint density at radius 2 is 2.10 bits per heavy atom. The number of aromatic amines is 1. The third-order valence-corrected chi connectivity index (χ3v) is 2.85. The van der Waals surface area contributed by atoms with Gasteiger partial charge in [-0.15, -0.1) is 0 Å². The lowest BCUT2D eigenvalue weighted by atomic mass is 10.2. The first-order valence-electron chi connectivity index (χ1n) is 5.99. The molecule has 0 radical (unpaired) electrons. The summed E-state index contributed by atoms with van der Waals surface area (Å²) in [6.45, 7) is 0.392. The van der Waals surface area contributed by atoms with Crippen molar-refractivity contribution in [3.8, 4) is 11.9 Å². The molecule has 3 aromatic rings. The highest BCUT2D eigenvalue weighted by atomic mass is 16.5. The highest BCUT2D eigenvalue weighted by Gasteiger charge is 2.12.